The van der Waals surface area contributed by atoms with Crippen molar-refractivity contribution in [2.24, 2.45) is 0 Å². The molecule has 0 amide bonds. The van der Waals surface area contributed by atoms with Crippen LogP contribution in [0.15, 0.2) is 88.7 Å². The lowest BCUT2D eigenvalue weighted by Crippen LogP contribution is -2.43. The average Bonchev–Trinajstić information content (AvgIpc) is 2.82. The molecule has 3 aromatic carbocycles. The SMILES string of the molecule is Cc1ccc(S(=O)(=O)OC(c2ccccc2)C(C)(O)C(=O)c2ccc(SCCO)cc2)cc1. The fourth-order valence-electron chi connectivity index (χ4n) is 3.27. The van der Waals surface area contributed by atoms with Gasteiger partial charge in [0.05, 0.1) is 11.5 Å². The number of Topliss-reactive ketones (excluding diaryl/α,β-unsaturated/α-hetero) is 1. The van der Waals surface area contributed by atoms with Gasteiger partial charge in [0.25, 0.3) is 10.1 Å². The molecule has 0 aliphatic rings. The van der Waals surface area contributed by atoms with E-state index < -0.39 is 27.6 Å². The number of hydrogen-bond donors (Lipinski definition) is 2. The quantitative estimate of drug-likeness (QED) is 0.252. The standard InChI is InChI=1S/C25H26O6S2/c1-18-8-14-22(15-9-18)33(29,30)31-24(20-6-4-3-5-7-20)25(2,28)23(27)19-10-12-21(13-11-19)32-17-16-26/h3-15,24,26,28H,16-17H2,1-2H3. The van der Waals surface area contributed by atoms with Crippen LogP contribution in [0, 0.1) is 6.92 Å². The number of hydrogen-bond acceptors (Lipinski definition) is 7. The van der Waals surface area contributed by atoms with E-state index >= 15 is 0 Å². The van der Waals surface area contributed by atoms with E-state index in [2.05, 4.69) is 0 Å². The zero-order valence-corrected chi connectivity index (χ0v) is 20.0. The minimum atomic E-state index is -4.28. The van der Waals surface area contributed by atoms with Crippen molar-refractivity contribution in [3.63, 3.8) is 0 Å². The van der Waals surface area contributed by atoms with Gasteiger partial charge in [0, 0.05) is 16.2 Å². The molecule has 0 aromatic heterocycles. The van der Waals surface area contributed by atoms with Gasteiger partial charge in [-0.15, -0.1) is 11.8 Å². The van der Waals surface area contributed by atoms with Gasteiger partial charge in [0.15, 0.2) is 11.4 Å². The van der Waals surface area contributed by atoms with Gasteiger partial charge in [0.2, 0.25) is 0 Å². The van der Waals surface area contributed by atoms with E-state index in [9.17, 15) is 18.3 Å². The second-order valence-electron chi connectivity index (χ2n) is 7.73. The van der Waals surface area contributed by atoms with Crippen LogP contribution in [0.4, 0.5) is 0 Å². The van der Waals surface area contributed by atoms with Crippen molar-refractivity contribution in [2.75, 3.05) is 12.4 Å². The Labute approximate surface area is 198 Å². The largest absolute Gasteiger partial charge is 0.396 e. The van der Waals surface area contributed by atoms with E-state index in [-0.39, 0.29) is 17.1 Å². The normalized spacial score (nSPS) is 14.4. The zero-order chi connectivity index (χ0) is 24.1. The number of ketones is 1. The molecule has 0 saturated carbocycles. The van der Waals surface area contributed by atoms with Crippen LogP contribution in [0.5, 0.6) is 0 Å². The minimum absolute atomic E-state index is 0.0333. The van der Waals surface area contributed by atoms with E-state index in [0.717, 1.165) is 10.5 Å². The Hall–Kier alpha value is -2.49. The fraction of sp³-hybridized carbons (Fsp3) is 0.240. The van der Waals surface area contributed by atoms with E-state index in [0.29, 0.717) is 11.3 Å². The maximum atomic E-state index is 13.3. The molecule has 0 spiro atoms. The van der Waals surface area contributed by atoms with Crippen LogP contribution in [0.3, 0.4) is 0 Å². The molecule has 2 unspecified atom stereocenters. The number of aliphatic hydroxyl groups excluding tert-OH is 1. The number of benzene rings is 3. The van der Waals surface area contributed by atoms with Crippen LogP contribution >= 0.6 is 11.8 Å². The Morgan fingerprint density at radius 1 is 1.00 bits per heavy atom. The maximum Gasteiger partial charge on any atom is 0.297 e. The number of carbonyl (C=O) groups excluding carboxylic acids is 1. The van der Waals surface area contributed by atoms with Crippen LogP contribution in [-0.2, 0) is 14.3 Å². The predicted octanol–water partition coefficient (Wildman–Crippen LogP) is 4.16. The van der Waals surface area contributed by atoms with Crippen LogP contribution < -0.4 is 0 Å². The summed E-state index contributed by atoms with van der Waals surface area (Å²) in [7, 11) is -4.28. The summed E-state index contributed by atoms with van der Waals surface area (Å²) in [5.74, 6) is -0.152. The maximum absolute atomic E-state index is 13.3. The summed E-state index contributed by atoms with van der Waals surface area (Å²) in [4.78, 5) is 14.1. The Bertz CT molecular complexity index is 1170. The number of aliphatic hydroxyl groups is 2. The molecule has 2 N–H and O–H groups in total. The molecule has 3 rings (SSSR count). The lowest BCUT2D eigenvalue weighted by molar-refractivity contribution is -0.0268. The molecule has 3 aromatic rings. The van der Waals surface area contributed by atoms with Crippen LogP contribution in [0.1, 0.15) is 34.5 Å². The third kappa shape index (κ3) is 6.10. The Morgan fingerprint density at radius 3 is 2.18 bits per heavy atom. The first-order chi connectivity index (χ1) is 15.6. The highest BCUT2D eigenvalue weighted by atomic mass is 32.2. The molecule has 0 saturated heterocycles. The third-order valence-electron chi connectivity index (χ3n) is 5.08. The molecule has 0 bridgehead atoms. The highest BCUT2D eigenvalue weighted by Crippen LogP contribution is 2.36. The summed E-state index contributed by atoms with van der Waals surface area (Å²) < 4.78 is 31.5. The molecule has 6 nitrogen and oxygen atoms in total. The van der Waals surface area contributed by atoms with E-state index in [4.69, 9.17) is 9.29 Å². The lowest BCUT2D eigenvalue weighted by Gasteiger charge is -2.31. The molecular formula is C25H26O6S2. The summed E-state index contributed by atoms with van der Waals surface area (Å²) in [6, 6.07) is 21.0. The molecule has 8 heteroatoms. The smallest absolute Gasteiger partial charge is 0.297 e. The molecular weight excluding hydrogens is 460 g/mol. The highest BCUT2D eigenvalue weighted by Gasteiger charge is 2.44. The first-order valence-corrected chi connectivity index (χ1v) is 12.7. The average molecular weight is 487 g/mol. The summed E-state index contributed by atoms with van der Waals surface area (Å²) in [5.41, 5.74) is -0.734. The van der Waals surface area contributed by atoms with Crippen LogP contribution in [-0.4, -0.2) is 42.4 Å². The van der Waals surface area contributed by atoms with Gasteiger partial charge in [-0.2, -0.15) is 8.42 Å². The van der Waals surface area contributed by atoms with Gasteiger partial charge < -0.3 is 10.2 Å². The lowest BCUT2D eigenvalue weighted by atomic mass is 9.86. The second-order valence-corrected chi connectivity index (χ2v) is 10.5. The zero-order valence-electron chi connectivity index (χ0n) is 18.3. The van der Waals surface area contributed by atoms with Crippen molar-refractivity contribution in [3.8, 4) is 0 Å². The van der Waals surface area contributed by atoms with Gasteiger partial charge in [0.1, 0.15) is 6.10 Å². The molecule has 0 fully saturated rings. The van der Waals surface area contributed by atoms with Crippen molar-refractivity contribution < 1.29 is 27.6 Å². The summed E-state index contributed by atoms with van der Waals surface area (Å²) in [5, 5.41) is 20.3. The van der Waals surface area contributed by atoms with Crippen molar-refractivity contribution in [1.82, 2.24) is 0 Å². The molecule has 33 heavy (non-hydrogen) atoms. The molecule has 0 aliphatic carbocycles. The Kier molecular flexibility index (Phi) is 8.10. The predicted molar refractivity (Wildman–Crippen MR) is 128 cm³/mol. The van der Waals surface area contributed by atoms with Gasteiger partial charge >= 0.3 is 0 Å². The van der Waals surface area contributed by atoms with Gasteiger partial charge in [-0.05, 0) is 43.7 Å². The van der Waals surface area contributed by atoms with Crippen LogP contribution in [0.25, 0.3) is 0 Å². The monoisotopic (exact) mass is 486 g/mol. The van der Waals surface area contributed by atoms with E-state index in [1.807, 2.05) is 6.92 Å². The topological polar surface area (TPSA) is 101 Å². The molecule has 2 atom stereocenters. The van der Waals surface area contributed by atoms with Crippen molar-refractivity contribution in [1.29, 1.82) is 0 Å². The number of aryl methyl sites for hydroxylation is 1. The van der Waals surface area contributed by atoms with Crippen molar-refractivity contribution >= 4 is 27.7 Å². The van der Waals surface area contributed by atoms with Crippen molar-refractivity contribution in [2.45, 2.75) is 35.3 Å². The van der Waals surface area contributed by atoms with Crippen LogP contribution in [0.2, 0.25) is 0 Å². The third-order valence-corrected chi connectivity index (χ3v) is 7.37. The van der Waals surface area contributed by atoms with Crippen molar-refractivity contribution in [3.05, 3.63) is 95.6 Å². The van der Waals surface area contributed by atoms with Gasteiger partial charge in [-0.1, -0.05) is 60.2 Å². The molecule has 0 heterocycles. The first kappa shape index (κ1) is 25.1. The Morgan fingerprint density at radius 2 is 1.61 bits per heavy atom. The molecule has 0 radical (unpaired) electrons. The van der Waals surface area contributed by atoms with Gasteiger partial charge in [-0.25, -0.2) is 0 Å². The van der Waals surface area contributed by atoms with E-state index in [1.54, 1.807) is 66.7 Å². The summed E-state index contributed by atoms with van der Waals surface area (Å²) in [6.45, 7) is 3.12. The number of thioether (sulfide) groups is 1. The molecule has 0 aliphatic heterocycles. The minimum Gasteiger partial charge on any atom is -0.396 e. The first-order valence-electron chi connectivity index (χ1n) is 10.3. The fourth-order valence-corrected chi connectivity index (χ4v) is 5.05. The number of rotatable bonds is 10. The number of carbonyl (C=O) groups is 1. The van der Waals surface area contributed by atoms with Gasteiger partial charge in [-0.3, -0.25) is 8.98 Å². The summed E-state index contributed by atoms with van der Waals surface area (Å²) >= 11 is 1.43. The van der Waals surface area contributed by atoms with E-state index in [1.165, 1.54) is 30.8 Å². The second kappa shape index (κ2) is 10.6. The Balaban J connectivity index is 1.96. The highest BCUT2D eigenvalue weighted by molar-refractivity contribution is 7.99. The molecule has 174 valence electrons. The summed E-state index contributed by atoms with van der Waals surface area (Å²) in [6.07, 6.45) is -1.47.